The number of nitrogens with zero attached hydrogens (tertiary/aromatic N) is 1. The number of para-hydroxylation sites is 1. The summed E-state index contributed by atoms with van der Waals surface area (Å²) in [4.78, 5) is 13.6. The maximum absolute atomic E-state index is 11.5. The van der Waals surface area contributed by atoms with Crippen LogP contribution in [0.5, 0.6) is 11.5 Å². The molecule has 0 aliphatic carbocycles. The van der Waals surface area contributed by atoms with E-state index in [1.165, 1.54) is 0 Å². The number of carbonyl (C=O) groups excluding carboxylic acids is 1. The number of rotatable bonds is 4. The Kier molecular flexibility index (Phi) is 4.52. The number of nitrogens with one attached hydrogen (secondary N) is 1. The third-order valence-corrected chi connectivity index (χ3v) is 4.25. The van der Waals surface area contributed by atoms with Gasteiger partial charge < -0.3 is 9.47 Å². The smallest absolute Gasteiger partial charge is 0.354 e. The zero-order valence-electron chi connectivity index (χ0n) is 12.8. The number of carbonyl (C=O) groups is 1. The molecule has 1 aliphatic heterocycles. The monoisotopic (exact) mass is 328 g/mol. The predicted octanol–water partition coefficient (Wildman–Crippen LogP) is 4.29. The molecule has 0 saturated carbocycles. The van der Waals surface area contributed by atoms with Crippen LogP contribution in [0.1, 0.15) is 13.8 Å². The third-order valence-electron chi connectivity index (χ3n) is 3.16. The summed E-state index contributed by atoms with van der Waals surface area (Å²) in [5.74, 6) is 1.25. The molecule has 1 heterocycles. The van der Waals surface area contributed by atoms with Gasteiger partial charge in [0.2, 0.25) is 0 Å². The van der Waals surface area contributed by atoms with E-state index < -0.39 is 5.97 Å². The Morgan fingerprint density at radius 2 is 2.00 bits per heavy atom. The number of benzene rings is 2. The molecule has 3 rings (SSSR count). The molecule has 1 aliphatic rings. The number of hydrogen-bond acceptors (Lipinski definition) is 6. The Morgan fingerprint density at radius 3 is 2.83 bits per heavy atom. The van der Waals surface area contributed by atoms with Crippen molar-refractivity contribution < 1.29 is 14.3 Å². The Hall–Kier alpha value is -2.47. The molecule has 2 aromatic carbocycles. The summed E-state index contributed by atoms with van der Waals surface area (Å²) in [7, 11) is 0. The van der Waals surface area contributed by atoms with Crippen LogP contribution < -0.4 is 10.2 Å². The molecule has 23 heavy (non-hydrogen) atoms. The Balaban J connectivity index is 1.75. The molecule has 1 N–H and O–H groups in total. The summed E-state index contributed by atoms with van der Waals surface area (Å²) < 4.78 is 10.8. The molecule has 0 amide bonds. The summed E-state index contributed by atoms with van der Waals surface area (Å²) in [5.41, 5.74) is 3.93. The molecule has 6 heteroatoms. The molecule has 0 bridgehead atoms. The first-order valence-electron chi connectivity index (χ1n) is 7.23. The minimum atomic E-state index is -0.426. The van der Waals surface area contributed by atoms with E-state index in [-0.39, 0.29) is 5.71 Å². The zero-order valence-corrected chi connectivity index (χ0v) is 13.6. The van der Waals surface area contributed by atoms with Crippen molar-refractivity contribution in [2.75, 3.05) is 12.0 Å². The fraction of sp³-hybridized carbons (Fsp3) is 0.176. The lowest BCUT2D eigenvalue weighted by atomic mass is 10.3. The SMILES string of the molecule is CCOC(=O)/C(C)=N\Nc1ccc2c(c1)Sc1ccccc1O2. The highest BCUT2D eigenvalue weighted by molar-refractivity contribution is 7.99. The maximum atomic E-state index is 11.5. The van der Waals surface area contributed by atoms with Crippen LogP contribution in [0.2, 0.25) is 0 Å². The zero-order chi connectivity index (χ0) is 16.2. The Morgan fingerprint density at radius 1 is 1.22 bits per heavy atom. The molecule has 118 valence electrons. The second kappa shape index (κ2) is 6.75. The first-order valence-corrected chi connectivity index (χ1v) is 8.05. The highest BCUT2D eigenvalue weighted by Crippen LogP contribution is 2.47. The van der Waals surface area contributed by atoms with Crippen molar-refractivity contribution in [2.24, 2.45) is 5.10 Å². The first-order chi connectivity index (χ1) is 11.2. The average molecular weight is 328 g/mol. The van der Waals surface area contributed by atoms with E-state index in [1.54, 1.807) is 25.6 Å². The van der Waals surface area contributed by atoms with Crippen molar-refractivity contribution in [2.45, 2.75) is 23.6 Å². The van der Waals surface area contributed by atoms with Gasteiger partial charge in [-0.25, -0.2) is 4.79 Å². The minimum Gasteiger partial charge on any atom is -0.461 e. The Bertz CT molecular complexity index is 774. The lowest BCUT2D eigenvalue weighted by molar-refractivity contribution is -0.135. The number of ether oxygens (including phenoxy) is 2. The van der Waals surface area contributed by atoms with E-state index in [4.69, 9.17) is 9.47 Å². The van der Waals surface area contributed by atoms with Crippen LogP contribution in [0.15, 0.2) is 57.4 Å². The lowest BCUT2D eigenvalue weighted by Gasteiger charge is -2.19. The van der Waals surface area contributed by atoms with Crippen LogP contribution in [-0.2, 0) is 9.53 Å². The highest BCUT2D eigenvalue weighted by Gasteiger charge is 2.17. The molecule has 0 aromatic heterocycles. The molecule has 0 unspecified atom stereocenters. The molecule has 0 atom stereocenters. The maximum Gasteiger partial charge on any atom is 0.354 e. The van der Waals surface area contributed by atoms with Crippen molar-refractivity contribution in [3.05, 3.63) is 42.5 Å². The molecule has 0 saturated heterocycles. The van der Waals surface area contributed by atoms with Gasteiger partial charge in [-0.15, -0.1) is 0 Å². The van der Waals surface area contributed by atoms with Crippen molar-refractivity contribution in [3.8, 4) is 11.5 Å². The fourth-order valence-electron chi connectivity index (χ4n) is 2.03. The molecule has 2 aromatic rings. The first kappa shape index (κ1) is 15.4. The lowest BCUT2D eigenvalue weighted by Crippen LogP contribution is -2.15. The van der Waals surface area contributed by atoms with E-state index in [0.29, 0.717) is 6.61 Å². The van der Waals surface area contributed by atoms with Crippen molar-refractivity contribution >= 4 is 29.1 Å². The van der Waals surface area contributed by atoms with Gasteiger partial charge in [0.05, 0.1) is 22.1 Å². The van der Waals surface area contributed by atoms with E-state index in [2.05, 4.69) is 10.5 Å². The second-order valence-electron chi connectivity index (χ2n) is 4.84. The number of hydrogen-bond donors (Lipinski definition) is 1. The average Bonchev–Trinajstić information content (AvgIpc) is 2.57. The number of esters is 1. The van der Waals surface area contributed by atoms with E-state index in [9.17, 15) is 4.79 Å². The van der Waals surface area contributed by atoms with Crippen molar-refractivity contribution in [1.82, 2.24) is 0 Å². The van der Waals surface area contributed by atoms with Crippen LogP contribution in [0.4, 0.5) is 5.69 Å². The molecule has 5 nitrogen and oxygen atoms in total. The van der Waals surface area contributed by atoms with Crippen molar-refractivity contribution in [1.29, 1.82) is 0 Å². The summed E-state index contributed by atoms with van der Waals surface area (Å²) in [6, 6.07) is 13.6. The van der Waals surface area contributed by atoms with Crippen LogP contribution in [0.25, 0.3) is 0 Å². The number of anilines is 1. The largest absolute Gasteiger partial charge is 0.461 e. The van der Waals surface area contributed by atoms with E-state index >= 15 is 0 Å². The van der Waals surface area contributed by atoms with Crippen LogP contribution in [0.3, 0.4) is 0 Å². The van der Waals surface area contributed by atoms with Gasteiger partial charge in [-0.05, 0) is 44.2 Å². The van der Waals surface area contributed by atoms with Gasteiger partial charge >= 0.3 is 5.97 Å². The Labute approximate surface area is 138 Å². The number of hydrazone groups is 1. The van der Waals surface area contributed by atoms with Gasteiger partial charge in [-0.2, -0.15) is 5.10 Å². The standard InChI is InChI=1S/C17H16N2O3S/c1-3-21-17(20)11(2)18-19-12-8-9-14-16(10-12)23-15-7-5-4-6-13(15)22-14/h4-10,19H,3H2,1-2H3/b18-11-. The second-order valence-corrected chi connectivity index (χ2v) is 5.93. The van der Waals surface area contributed by atoms with Gasteiger partial charge in [0.15, 0.2) is 0 Å². The predicted molar refractivity (Wildman–Crippen MR) is 90.4 cm³/mol. The normalized spacial score (nSPS) is 12.7. The summed E-state index contributed by atoms with van der Waals surface area (Å²) in [5, 5.41) is 4.05. The summed E-state index contributed by atoms with van der Waals surface area (Å²) >= 11 is 1.64. The quantitative estimate of drug-likeness (QED) is 0.440. The highest BCUT2D eigenvalue weighted by atomic mass is 32.2. The topological polar surface area (TPSA) is 59.9 Å². The van der Waals surface area contributed by atoms with Gasteiger partial charge in [0.25, 0.3) is 0 Å². The molecule has 0 radical (unpaired) electrons. The third kappa shape index (κ3) is 3.48. The van der Waals surface area contributed by atoms with Gasteiger partial charge in [0.1, 0.15) is 17.2 Å². The summed E-state index contributed by atoms with van der Waals surface area (Å²) in [6.45, 7) is 3.70. The summed E-state index contributed by atoms with van der Waals surface area (Å²) in [6.07, 6.45) is 0. The minimum absolute atomic E-state index is 0.277. The molecular weight excluding hydrogens is 312 g/mol. The van der Waals surface area contributed by atoms with Gasteiger partial charge in [-0.3, -0.25) is 5.43 Å². The van der Waals surface area contributed by atoms with Crippen LogP contribution in [0, 0.1) is 0 Å². The fourth-order valence-corrected chi connectivity index (χ4v) is 3.02. The van der Waals surface area contributed by atoms with Crippen LogP contribution >= 0.6 is 11.8 Å². The van der Waals surface area contributed by atoms with E-state index in [0.717, 1.165) is 27.0 Å². The molecular formula is C17H16N2O3S. The van der Waals surface area contributed by atoms with Gasteiger partial charge in [-0.1, -0.05) is 23.9 Å². The van der Waals surface area contributed by atoms with E-state index in [1.807, 2.05) is 42.5 Å². The van der Waals surface area contributed by atoms with Gasteiger partial charge in [0, 0.05) is 0 Å². The van der Waals surface area contributed by atoms with Crippen LogP contribution in [-0.4, -0.2) is 18.3 Å². The number of fused-ring (bicyclic) bond motifs is 2. The molecule has 0 spiro atoms. The molecule has 0 fully saturated rings. The van der Waals surface area contributed by atoms with Crippen molar-refractivity contribution in [3.63, 3.8) is 0 Å².